The van der Waals surface area contributed by atoms with E-state index in [1.54, 1.807) is 0 Å². The van der Waals surface area contributed by atoms with Crippen LogP contribution in [0.3, 0.4) is 0 Å². The lowest BCUT2D eigenvalue weighted by atomic mass is 10.1. The molecule has 94 valence electrons. The smallest absolute Gasteiger partial charge is 0.205 e. The lowest BCUT2D eigenvalue weighted by Gasteiger charge is -2.22. The summed E-state index contributed by atoms with van der Waals surface area (Å²) in [7, 11) is 0. The van der Waals surface area contributed by atoms with Crippen molar-refractivity contribution in [2.24, 2.45) is 5.73 Å². The number of nitrogens with two attached hydrogens (primary N) is 1. The molecule has 0 spiro atoms. The van der Waals surface area contributed by atoms with Gasteiger partial charge in [0.05, 0.1) is 6.04 Å². The largest absolute Gasteiger partial charge is 0.323 e. The average molecular weight is 316 g/mol. The van der Waals surface area contributed by atoms with Gasteiger partial charge in [-0.25, -0.2) is 0 Å². The summed E-state index contributed by atoms with van der Waals surface area (Å²) in [4.78, 5) is 11.7. The van der Waals surface area contributed by atoms with Gasteiger partial charge >= 0.3 is 0 Å². The maximum Gasteiger partial charge on any atom is 0.205 e. The molecule has 17 heavy (non-hydrogen) atoms. The predicted octanol–water partition coefficient (Wildman–Crippen LogP) is 3.51. The Bertz CT molecular complexity index is 375. The molecule has 0 aliphatic heterocycles. The van der Waals surface area contributed by atoms with Gasteiger partial charge in [0.1, 0.15) is 4.83 Å². The topological polar surface area (TPSA) is 43.1 Å². The number of alkyl halides is 1. The van der Waals surface area contributed by atoms with Crippen molar-refractivity contribution in [3.05, 3.63) is 35.9 Å². The molecule has 0 saturated heterocycles. The second kappa shape index (κ2) is 6.03. The third-order valence-electron chi connectivity index (χ3n) is 2.13. The number of rotatable bonds is 3. The fraction of sp³-hybridized carbons (Fsp3) is 0.462. The molecule has 0 heterocycles. The fourth-order valence-corrected chi connectivity index (χ4v) is 2.80. The van der Waals surface area contributed by atoms with Crippen LogP contribution < -0.4 is 5.73 Å². The lowest BCUT2D eigenvalue weighted by molar-refractivity contribution is -0.110. The van der Waals surface area contributed by atoms with E-state index in [-0.39, 0.29) is 20.7 Å². The Labute approximate surface area is 115 Å². The van der Waals surface area contributed by atoms with Gasteiger partial charge in [-0.05, 0) is 5.56 Å². The highest BCUT2D eigenvalue weighted by atomic mass is 79.9. The number of hydrogen-bond acceptors (Lipinski definition) is 3. The molecule has 0 aliphatic rings. The number of benzene rings is 1. The van der Waals surface area contributed by atoms with Crippen molar-refractivity contribution >= 4 is 32.8 Å². The molecule has 2 N–H and O–H groups in total. The second-order valence-corrected chi connectivity index (χ2v) is 7.69. The summed E-state index contributed by atoms with van der Waals surface area (Å²) < 4.78 is -0.0838. The zero-order chi connectivity index (χ0) is 13.1. The van der Waals surface area contributed by atoms with Crippen molar-refractivity contribution in [2.45, 2.75) is 36.4 Å². The molecule has 0 fully saturated rings. The summed E-state index contributed by atoms with van der Waals surface area (Å²) in [6.07, 6.45) is 0. The van der Waals surface area contributed by atoms with E-state index in [4.69, 9.17) is 5.73 Å². The van der Waals surface area contributed by atoms with Crippen LogP contribution >= 0.6 is 27.7 Å². The van der Waals surface area contributed by atoms with Crippen LogP contribution in [-0.2, 0) is 4.79 Å². The van der Waals surface area contributed by atoms with Gasteiger partial charge in [-0.1, -0.05) is 78.8 Å². The third-order valence-corrected chi connectivity index (χ3v) is 4.49. The van der Waals surface area contributed by atoms with Crippen LogP contribution in [0.25, 0.3) is 0 Å². The molecule has 1 aromatic carbocycles. The minimum absolute atomic E-state index is 0.0776. The Morgan fingerprint density at radius 2 is 1.82 bits per heavy atom. The molecule has 2 unspecified atom stereocenters. The fourth-order valence-electron chi connectivity index (χ4n) is 1.35. The van der Waals surface area contributed by atoms with E-state index in [0.29, 0.717) is 0 Å². The first-order valence-electron chi connectivity index (χ1n) is 5.49. The van der Waals surface area contributed by atoms with E-state index >= 15 is 0 Å². The molecule has 1 rings (SSSR count). The average Bonchev–Trinajstić information content (AvgIpc) is 2.26. The van der Waals surface area contributed by atoms with Gasteiger partial charge in [0.2, 0.25) is 5.12 Å². The van der Waals surface area contributed by atoms with Gasteiger partial charge < -0.3 is 5.73 Å². The Hall–Kier alpha value is -0.320. The summed E-state index contributed by atoms with van der Waals surface area (Å²) in [6.45, 7) is 6.05. The minimum Gasteiger partial charge on any atom is -0.323 e. The second-order valence-electron chi connectivity index (χ2n) is 4.87. The molecular formula is C13H18BrNOS. The molecule has 0 amide bonds. The Kier molecular flexibility index (Phi) is 5.22. The van der Waals surface area contributed by atoms with E-state index in [1.165, 1.54) is 11.8 Å². The molecule has 0 aliphatic carbocycles. The standard InChI is InChI=1S/C13H18BrNOS/c1-13(2,3)17-12(16)10(14)11(15)9-7-5-4-6-8-9/h4-8,10-11H,15H2,1-3H3. The van der Waals surface area contributed by atoms with Crippen molar-refractivity contribution in [1.82, 2.24) is 0 Å². The van der Waals surface area contributed by atoms with Crippen molar-refractivity contribution in [3.63, 3.8) is 0 Å². The summed E-state index contributed by atoms with van der Waals surface area (Å²) in [5.41, 5.74) is 7.05. The first-order valence-corrected chi connectivity index (χ1v) is 7.22. The molecule has 0 radical (unpaired) electrons. The molecule has 2 nitrogen and oxygen atoms in total. The highest BCUT2D eigenvalue weighted by molar-refractivity contribution is 9.10. The highest BCUT2D eigenvalue weighted by Crippen LogP contribution is 2.31. The van der Waals surface area contributed by atoms with Gasteiger partial charge in [0, 0.05) is 4.75 Å². The Morgan fingerprint density at radius 1 is 1.29 bits per heavy atom. The van der Waals surface area contributed by atoms with E-state index in [1.807, 2.05) is 51.1 Å². The van der Waals surface area contributed by atoms with E-state index < -0.39 is 0 Å². The minimum atomic E-state index is -0.353. The van der Waals surface area contributed by atoms with Crippen LogP contribution in [0, 0.1) is 0 Å². The normalized spacial score (nSPS) is 15.4. The molecule has 0 bridgehead atoms. The third kappa shape index (κ3) is 4.82. The van der Waals surface area contributed by atoms with Crippen LogP contribution in [0.1, 0.15) is 32.4 Å². The number of halogens is 1. The molecule has 0 aromatic heterocycles. The van der Waals surface area contributed by atoms with E-state index in [0.717, 1.165) is 5.56 Å². The lowest BCUT2D eigenvalue weighted by Crippen LogP contribution is -2.29. The van der Waals surface area contributed by atoms with Crippen molar-refractivity contribution in [3.8, 4) is 0 Å². The van der Waals surface area contributed by atoms with Crippen LogP contribution in [-0.4, -0.2) is 14.7 Å². The SMILES string of the molecule is CC(C)(C)SC(=O)C(Br)C(N)c1ccccc1. The summed E-state index contributed by atoms with van der Waals surface area (Å²) >= 11 is 4.72. The van der Waals surface area contributed by atoms with Gasteiger partial charge in [-0.15, -0.1) is 0 Å². The molecule has 4 heteroatoms. The zero-order valence-corrected chi connectivity index (χ0v) is 12.7. The zero-order valence-electron chi connectivity index (χ0n) is 10.3. The first kappa shape index (κ1) is 14.7. The Balaban J connectivity index is 2.70. The van der Waals surface area contributed by atoms with Gasteiger partial charge in [0.15, 0.2) is 0 Å². The predicted molar refractivity (Wildman–Crippen MR) is 78.4 cm³/mol. The molecule has 2 atom stereocenters. The molecular weight excluding hydrogens is 298 g/mol. The van der Waals surface area contributed by atoms with Crippen LogP contribution in [0.5, 0.6) is 0 Å². The van der Waals surface area contributed by atoms with Crippen LogP contribution in [0.2, 0.25) is 0 Å². The highest BCUT2D eigenvalue weighted by Gasteiger charge is 2.28. The quantitative estimate of drug-likeness (QED) is 0.868. The Morgan fingerprint density at radius 3 is 2.29 bits per heavy atom. The van der Waals surface area contributed by atoms with Gasteiger partial charge in [-0.3, -0.25) is 4.79 Å². The summed E-state index contributed by atoms with van der Waals surface area (Å²) in [5, 5.41) is 0.0776. The van der Waals surface area contributed by atoms with Crippen molar-refractivity contribution in [2.75, 3.05) is 0 Å². The van der Waals surface area contributed by atoms with E-state index in [9.17, 15) is 4.79 Å². The first-order chi connectivity index (χ1) is 7.81. The monoisotopic (exact) mass is 315 g/mol. The maximum atomic E-state index is 12.0. The number of hydrogen-bond donors (Lipinski definition) is 1. The van der Waals surface area contributed by atoms with Crippen LogP contribution in [0.4, 0.5) is 0 Å². The van der Waals surface area contributed by atoms with Gasteiger partial charge in [-0.2, -0.15) is 0 Å². The summed E-state index contributed by atoms with van der Waals surface area (Å²) in [5.74, 6) is 0. The van der Waals surface area contributed by atoms with Gasteiger partial charge in [0.25, 0.3) is 0 Å². The van der Waals surface area contributed by atoms with Crippen molar-refractivity contribution in [1.29, 1.82) is 0 Å². The van der Waals surface area contributed by atoms with Crippen LogP contribution in [0.15, 0.2) is 30.3 Å². The number of carbonyl (C=O) groups excluding carboxylic acids is 1. The maximum absolute atomic E-state index is 12.0. The summed E-state index contributed by atoms with van der Waals surface area (Å²) in [6, 6.07) is 9.36. The number of thioether (sulfide) groups is 1. The van der Waals surface area contributed by atoms with Crippen molar-refractivity contribution < 1.29 is 4.79 Å². The number of carbonyl (C=O) groups is 1. The molecule has 1 aromatic rings. The van der Waals surface area contributed by atoms with E-state index in [2.05, 4.69) is 15.9 Å². The molecule has 0 saturated carbocycles.